The molecule has 0 bridgehead atoms. The smallest absolute Gasteiger partial charge is 0.252 e. The molecule has 0 radical (unpaired) electrons. The van der Waals surface area contributed by atoms with Crippen LogP contribution in [0.15, 0.2) is 12.3 Å². The Balaban J connectivity index is 2.48. The number of pyridine rings is 1. The lowest BCUT2D eigenvalue weighted by Gasteiger charge is -2.05. The lowest BCUT2D eigenvalue weighted by Crippen LogP contribution is -2.27. The van der Waals surface area contributed by atoms with Crippen LogP contribution in [0.3, 0.4) is 0 Å². The topological polar surface area (TPSA) is 128 Å². The zero-order chi connectivity index (χ0) is 13.8. The molecule has 100 valence electrons. The minimum atomic E-state index is -3.50. The molecule has 0 aromatic carbocycles. The first-order chi connectivity index (χ1) is 8.29. The van der Waals surface area contributed by atoms with Crippen molar-refractivity contribution < 1.29 is 13.2 Å². The highest BCUT2D eigenvalue weighted by atomic mass is 35.5. The van der Waals surface area contributed by atoms with Crippen LogP contribution in [0.2, 0.25) is 5.02 Å². The molecule has 1 rings (SSSR count). The molecule has 0 saturated heterocycles. The van der Waals surface area contributed by atoms with Crippen LogP contribution in [0.5, 0.6) is 0 Å². The van der Waals surface area contributed by atoms with Gasteiger partial charge in [0, 0.05) is 12.7 Å². The SMILES string of the molecule is Nc1ncc(C(=O)NCCCS(N)(=O)=O)cc1Cl. The van der Waals surface area contributed by atoms with Crippen LogP contribution in [-0.4, -0.2) is 31.6 Å². The number of nitrogens with one attached hydrogen (secondary N) is 1. The number of nitrogens with two attached hydrogens (primary N) is 2. The number of sulfonamides is 1. The van der Waals surface area contributed by atoms with E-state index in [4.69, 9.17) is 22.5 Å². The molecule has 0 aliphatic heterocycles. The largest absolute Gasteiger partial charge is 0.382 e. The zero-order valence-electron chi connectivity index (χ0n) is 9.39. The van der Waals surface area contributed by atoms with Gasteiger partial charge in [0.05, 0.1) is 16.3 Å². The molecule has 9 heteroatoms. The highest BCUT2D eigenvalue weighted by molar-refractivity contribution is 7.89. The summed E-state index contributed by atoms with van der Waals surface area (Å²) in [5.41, 5.74) is 5.66. The van der Waals surface area contributed by atoms with Crippen molar-refractivity contribution in [2.75, 3.05) is 18.0 Å². The van der Waals surface area contributed by atoms with Crippen molar-refractivity contribution in [1.29, 1.82) is 0 Å². The van der Waals surface area contributed by atoms with Gasteiger partial charge in [-0.1, -0.05) is 11.6 Å². The molecule has 1 amide bonds. The summed E-state index contributed by atoms with van der Waals surface area (Å²) in [7, 11) is -3.50. The average molecular weight is 293 g/mol. The Labute approximate surface area is 110 Å². The van der Waals surface area contributed by atoms with E-state index in [2.05, 4.69) is 10.3 Å². The van der Waals surface area contributed by atoms with Gasteiger partial charge in [0.1, 0.15) is 5.82 Å². The van der Waals surface area contributed by atoms with Gasteiger partial charge in [0.2, 0.25) is 10.0 Å². The zero-order valence-corrected chi connectivity index (χ0v) is 11.0. The summed E-state index contributed by atoms with van der Waals surface area (Å²) >= 11 is 5.72. The van der Waals surface area contributed by atoms with Crippen molar-refractivity contribution in [3.05, 3.63) is 22.8 Å². The van der Waals surface area contributed by atoms with Gasteiger partial charge in [-0.25, -0.2) is 18.5 Å². The quantitative estimate of drug-likeness (QED) is 0.643. The van der Waals surface area contributed by atoms with Crippen LogP contribution in [0.1, 0.15) is 16.8 Å². The van der Waals surface area contributed by atoms with E-state index in [0.29, 0.717) is 0 Å². The number of hydrogen-bond acceptors (Lipinski definition) is 5. The van der Waals surface area contributed by atoms with Crippen LogP contribution in [0.4, 0.5) is 5.82 Å². The molecule has 1 aromatic heterocycles. The summed E-state index contributed by atoms with van der Waals surface area (Å²) in [5.74, 6) is -0.449. The van der Waals surface area contributed by atoms with Gasteiger partial charge >= 0.3 is 0 Å². The van der Waals surface area contributed by atoms with Gasteiger partial charge in [0.25, 0.3) is 5.91 Å². The van der Waals surface area contributed by atoms with E-state index < -0.39 is 15.9 Å². The number of carbonyl (C=O) groups is 1. The summed E-state index contributed by atoms with van der Waals surface area (Å²) in [5, 5.41) is 7.53. The summed E-state index contributed by atoms with van der Waals surface area (Å²) in [6.45, 7) is 0.192. The van der Waals surface area contributed by atoms with E-state index in [1.165, 1.54) is 12.3 Å². The van der Waals surface area contributed by atoms with Gasteiger partial charge in [-0.2, -0.15) is 0 Å². The van der Waals surface area contributed by atoms with Gasteiger partial charge in [-0.15, -0.1) is 0 Å². The molecule has 0 saturated carbocycles. The van der Waals surface area contributed by atoms with Crippen molar-refractivity contribution in [2.24, 2.45) is 5.14 Å². The van der Waals surface area contributed by atoms with Crippen molar-refractivity contribution in [3.8, 4) is 0 Å². The summed E-state index contributed by atoms with van der Waals surface area (Å²) < 4.78 is 21.3. The Kier molecular flexibility index (Phi) is 4.88. The van der Waals surface area contributed by atoms with Gasteiger partial charge in [0.15, 0.2) is 0 Å². The highest BCUT2D eigenvalue weighted by Crippen LogP contribution is 2.16. The molecule has 0 unspecified atom stereocenters. The highest BCUT2D eigenvalue weighted by Gasteiger charge is 2.09. The number of amides is 1. The number of hydrogen-bond donors (Lipinski definition) is 3. The Morgan fingerprint density at radius 3 is 2.72 bits per heavy atom. The third kappa shape index (κ3) is 4.86. The molecular formula is C9H13ClN4O3S. The minimum Gasteiger partial charge on any atom is -0.382 e. The van der Waals surface area contributed by atoms with E-state index in [0.717, 1.165) is 0 Å². The predicted molar refractivity (Wildman–Crippen MR) is 68.6 cm³/mol. The summed E-state index contributed by atoms with van der Waals surface area (Å²) in [4.78, 5) is 15.3. The van der Waals surface area contributed by atoms with Gasteiger partial charge < -0.3 is 11.1 Å². The third-order valence-corrected chi connectivity index (χ3v) is 3.18. The lowest BCUT2D eigenvalue weighted by atomic mass is 10.2. The second kappa shape index (κ2) is 5.98. The first-order valence-corrected chi connectivity index (χ1v) is 7.08. The van der Waals surface area contributed by atoms with Gasteiger partial charge in [-0.05, 0) is 12.5 Å². The van der Waals surface area contributed by atoms with E-state index in [1.807, 2.05) is 0 Å². The minimum absolute atomic E-state index is 0.141. The Bertz CT molecular complexity index is 547. The number of halogens is 1. The summed E-state index contributed by atoms with van der Waals surface area (Å²) in [6.07, 6.45) is 1.52. The first-order valence-electron chi connectivity index (χ1n) is 4.99. The van der Waals surface area contributed by atoms with Crippen LogP contribution >= 0.6 is 11.6 Å². The second-order valence-corrected chi connectivity index (χ2v) is 5.71. The second-order valence-electron chi connectivity index (χ2n) is 3.57. The molecule has 0 spiro atoms. The van der Waals surface area contributed by atoms with Crippen molar-refractivity contribution >= 4 is 33.3 Å². The molecule has 0 atom stereocenters. The molecular weight excluding hydrogens is 280 g/mol. The van der Waals surface area contributed by atoms with Crippen LogP contribution in [0, 0.1) is 0 Å². The molecule has 7 nitrogen and oxygen atoms in total. The lowest BCUT2D eigenvalue weighted by molar-refractivity contribution is 0.0953. The number of aromatic nitrogens is 1. The normalized spacial score (nSPS) is 11.2. The maximum Gasteiger partial charge on any atom is 0.252 e. The number of rotatable bonds is 5. The van der Waals surface area contributed by atoms with Gasteiger partial charge in [-0.3, -0.25) is 4.79 Å². The number of primary sulfonamides is 1. The number of nitrogen functional groups attached to an aromatic ring is 1. The fourth-order valence-electron chi connectivity index (χ4n) is 1.15. The fourth-order valence-corrected chi connectivity index (χ4v) is 1.86. The van der Waals surface area contributed by atoms with E-state index in [9.17, 15) is 13.2 Å². The Hall–Kier alpha value is -1.38. The first kappa shape index (κ1) is 14.7. The number of carbonyl (C=O) groups excluding carboxylic acids is 1. The maximum absolute atomic E-state index is 11.6. The van der Waals surface area contributed by atoms with E-state index in [1.54, 1.807) is 0 Å². The van der Waals surface area contributed by atoms with Crippen LogP contribution in [0.25, 0.3) is 0 Å². The van der Waals surface area contributed by atoms with Crippen molar-refractivity contribution in [3.63, 3.8) is 0 Å². The van der Waals surface area contributed by atoms with Crippen molar-refractivity contribution in [2.45, 2.75) is 6.42 Å². The molecule has 18 heavy (non-hydrogen) atoms. The van der Waals surface area contributed by atoms with Crippen LogP contribution in [-0.2, 0) is 10.0 Å². The van der Waals surface area contributed by atoms with Crippen molar-refractivity contribution in [1.82, 2.24) is 10.3 Å². The molecule has 0 fully saturated rings. The predicted octanol–water partition coefficient (Wildman–Crippen LogP) is -0.274. The number of nitrogens with zero attached hydrogens (tertiary/aromatic N) is 1. The van der Waals surface area contributed by atoms with E-state index >= 15 is 0 Å². The monoisotopic (exact) mass is 292 g/mol. The molecule has 1 aromatic rings. The van der Waals surface area contributed by atoms with Crippen LogP contribution < -0.4 is 16.2 Å². The Morgan fingerprint density at radius 2 is 2.17 bits per heavy atom. The standard InChI is InChI=1S/C9H13ClN4O3S/c10-7-4-6(5-14-8(7)11)9(15)13-2-1-3-18(12,16)17/h4-5H,1-3H2,(H2,11,14)(H,13,15)(H2,12,16,17). The number of anilines is 1. The molecule has 0 aliphatic rings. The maximum atomic E-state index is 11.6. The molecule has 1 heterocycles. The van der Waals surface area contributed by atoms with E-state index in [-0.39, 0.29) is 35.1 Å². The Morgan fingerprint density at radius 1 is 1.50 bits per heavy atom. The fraction of sp³-hybridized carbons (Fsp3) is 0.333. The average Bonchev–Trinajstić information content (AvgIpc) is 2.26. The molecule has 5 N–H and O–H groups in total. The third-order valence-electron chi connectivity index (χ3n) is 2.02. The summed E-state index contributed by atoms with van der Waals surface area (Å²) in [6, 6.07) is 1.39. The molecule has 0 aliphatic carbocycles.